The summed E-state index contributed by atoms with van der Waals surface area (Å²) in [5.41, 5.74) is 11.4. The van der Waals surface area contributed by atoms with Crippen molar-refractivity contribution in [3.8, 4) is 5.88 Å². The molecule has 0 aliphatic heterocycles. The molecule has 1 amide bonds. The van der Waals surface area contributed by atoms with E-state index in [1.165, 1.54) is 12.3 Å². The molecule has 1 fully saturated rings. The van der Waals surface area contributed by atoms with E-state index in [1.807, 2.05) is 0 Å². The number of aromatic nitrogens is 1. The van der Waals surface area contributed by atoms with Crippen LogP contribution >= 0.6 is 0 Å². The fourth-order valence-corrected chi connectivity index (χ4v) is 2.32. The van der Waals surface area contributed by atoms with E-state index in [2.05, 4.69) is 4.98 Å². The lowest BCUT2D eigenvalue weighted by atomic mass is 9.95. The van der Waals surface area contributed by atoms with Gasteiger partial charge in [0.05, 0.1) is 23.6 Å². The zero-order chi connectivity index (χ0) is 13.8. The van der Waals surface area contributed by atoms with Crippen LogP contribution in [0.4, 0.5) is 5.69 Å². The Labute approximate surface area is 112 Å². The minimum atomic E-state index is -0.580. The van der Waals surface area contributed by atoms with Gasteiger partial charge in [-0.25, -0.2) is 4.98 Å². The van der Waals surface area contributed by atoms with Gasteiger partial charge in [-0.15, -0.1) is 0 Å². The van der Waals surface area contributed by atoms with Gasteiger partial charge in [-0.1, -0.05) is 0 Å². The first-order valence-corrected chi connectivity index (χ1v) is 6.35. The molecule has 1 aliphatic rings. The molecule has 104 valence electrons. The van der Waals surface area contributed by atoms with Crippen LogP contribution in [0.25, 0.3) is 0 Å². The van der Waals surface area contributed by atoms with E-state index in [0.717, 1.165) is 25.7 Å². The van der Waals surface area contributed by atoms with Gasteiger partial charge in [-0.05, 0) is 19.3 Å². The van der Waals surface area contributed by atoms with Gasteiger partial charge in [0.1, 0.15) is 6.10 Å². The number of nitrogens with zero attached hydrogens (tertiary/aromatic N) is 1. The van der Waals surface area contributed by atoms with Crippen molar-refractivity contribution in [3.63, 3.8) is 0 Å². The number of methoxy groups -OCH3 is 1. The highest BCUT2D eigenvalue weighted by molar-refractivity contribution is 5.97. The van der Waals surface area contributed by atoms with E-state index in [1.54, 1.807) is 7.11 Å². The average Bonchev–Trinajstić information content (AvgIpc) is 2.41. The van der Waals surface area contributed by atoms with Crippen molar-refractivity contribution in [1.82, 2.24) is 4.98 Å². The topological polar surface area (TPSA) is 100 Å². The predicted octanol–water partition coefficient (Wildman–Crippen LogP) is 1.10. The Morgan fingerprint density at radius 2 is 2.16 bits per heavy atom. The lowest BCUT2D eigenvalue weighted by Crippen LogP contribution is -2.29. The van der Waals surface area contributed by atoms with Gasteiger partial charge < -0.3 is 20.9 Å². The first kappa shape index (κ1) is 13.6. The maximum absolute atomic E-state index is 11.2. The third-order valence-electron chi connectivity index (χ3n) is 3.37. The van der Waals surface area contributed by atoms with Gasteiger partial charge in [-0.3, -0.25) is 4.79 Å². The quantitative estimate of drug-likeness (QED) is 0.849. The third kappa shape index (κ3) is 3.35. The number of carbonyl (C=O) groups is 1. The highest BCUT2D eigenvalue weighted by Crippen LogP contribution is 2.25. The van der Waals surface area contributed by atoms with Gasteiger partial charge in [-0.2, -0.15) is 0 Å². The van der Waals surface area contributed by atoms with Crippen LogP contribution in [0.1, 0.15) is 36.0 Å². The van der Waals surface area contributed by atoms with Crippen molar-refractivity contribution in [1.29, 1.82) is 0 Å². The number of amides is 1. The van der Waals surface area contributed by atoms with Crippen LogP contribution in [0.3, 0.4) is 0 Å². The molecular formula is C13H19N3O3. The summed E-state index contributed by atoms with van der Waals surface area (Å²) in [5.74, 6) is -0.201. The number of rotatable bonds is 4. The predicted molar refractivity (Wildman–Crippen MR) is 70.8 cm³/mol. The standard InChI is InChI=1S/C13H19N3O3/c1-18-8-3-2-4-9(5-8)19-12-6-10(13(15)17)11(14)7-16-12/h6-9H,2-5,14H2,1H3,(H2,15,17). The molecule has 0 spiro atoms. The number of nitrogen functional groups attached to an aromatic ring is 1. The van der Waals surface area contributed by atoms with E-state index in [0.29, 0.717) is 5.88 Å². The van der Waals surface area contributed by atoms with Crippen LogP contribution in [-0.2, 0) is 4.74 Å². The van der Waals surface area contributed by atoms with Gasteiger partial charge in [0.2, 0.25) is 5.88 Å². The zero-order valence-electron chi connectivity index (χ0n) is 11.0. The second kappa shape index (κ2) is 5.88. The second-order valence-corrected chi connectivity index (χ2v) is 4.74. The van der Waals surface area contributed by atoms with Crippen molar-refractivity contribution in [2.24, 2.45) is 5.73 Å². The lowest BCUT2D eigenvalue weighted by Gasteiger charge is -2.28. The summed E-state index contributed by atoms with van der Waals surface area (Å²) < 4.78 is 11.1. The molecule has 1 aliphatic carbocycles. The molecular weight excluding hydrogens is 246 g/mol. The van der Waals surface area contributed by atoms with Crippen molar-refractivity contribution in [3.05, 3.63) is 17.8 Å². The number of carbonyl (C=O) groups excluding carboxylic acids is 1. The summed E-state index contributed by atoms with van der Waals surface area (Å²) in [6, 6.07) is 1.49. The number of pyridine rings is 1. The third-order valence-corrected chi connectivity index (χ3v) is 3.37. The average molecular weight is 265 g/mol. The van der Waals surface area contributed by atoms with E-state index in [9.17, 15) is 4.79 Å². The molecule has 0 aromatic carbocycles. The minimum absolute atomic E-state index is 0.0514. The molecule has 1 aromatic heterocycles. The number of anilines is 1. The van der Waals surface area contributed by atoms with Crippen molar-refractivity contribution in [2.45, 2.75) is 37.9 Å². The molecule has 4 N–H and O–H groups in total. The molecule has 2 atom stereocenters. The second-order valence-electron chi connectivity index (χ2n) is 4.74. The van der Waals surface area contributed by atoms with E-state index in [-0.39, 0.29) is 23.5 Å². The molecule has 2 rings (SSSR count). The van der Waals surface area contributed by atoms with Crippen LogP contribution in [-0.4, -0.2) is 30.2 Å². The van der Waals surface area contributed by atoms with Crippen molar-refractivity contribution < 1.29 is 14.3 Å². The summed E-state index contributed by atoms with van der Waals surface area (Å²) in [6.45, 7) is 0. The van der Waals surface area contributed by atoms with Gasteiger partial charge in [0, 0.05) is 19.6 Å². The summed E-state index contributed by atoms with van der Waals surface area (Å²) in [7, 11) is 1.71. The Bertz CT molecular complexity index is 464. The molecule has 1 aromatic rings. The molecule has 1 heterocycles. The Balaban J connectivity index is 2.06. The SMILES string of the molecule is COC1CCCC(Oc2cc(C(N)=O)c(N)cn2)C1. The Hall–Kier alpha value is -1.82. The monoisotopic (exact) mass is 265 g/mol. The van der Waals surface area contributed by atoms with E-state index >= 15 is 0 Å². The first-order valence-electron chi connectivity index (χ1n) is 6.35. The summed E-state index contributed by atoms with van der Waals surface area (Å²) in [5, 5.41) is 0. The molecule has 6 nitrogen and oxygen atoms in total. The van der Waals surface area contributed by atoms with Crippen molar-refractivity contribution >= 4 is 11.6 Å². The number of nitrogens with two attached hydrogens (primary N) is 2. The molecule has 0 radical (unpaired) electrons. The highest BCUT2D eigenvalue weighted by Gasteiger charge is 2.23. The van der Waals surface area contributed by atoms with Crippen LogP contribution in [0.2, 0.25) is 0 Å². The van der Waals surface area contributed by atoms with Crippen LogP contribution in [0.5, 0.6) is 5.88 Å². The molecule has 6 heteroatoms. The van der Waals surface area contributed by atoms with Crippen LogP contribution < -0.4 is 16.2 Å². The van der Waals surface area contributed by atoms with Crippen LogP contribution in [0, 0.1) is 0 Å². The van der Waals surface area contributed by atoms with Crippen LogP contribution in [0.15, 0.2) is 12.3 Å². The molecule has 0 saturated heterocycles. The summed E-state index contributed by atoms with van der Waals surface area (Å²) >= 11 is 0. The normalized spacial score (nSPS) is 23.0. The summed E-state index contributed by atoms with van der Waals surface area (Å²) in [6.07, 6.45) is 5.57. The maximum atomic E-state index is 11.2. The Morgan fingerprint density at radius 1 is 1.42 bits per heavy atom. The number of hydrogen-bond acceptors (Lipinski definition) is 5. The van der Waals surface area contributed by atoms with Gasteiger partial charge >= 0.3 is 0 Å². The zero-order valence-corrected chi connectivity index (χ0v) is 11.0. The van der Waals surface area contributed by atoms with Gasteiger partial charge in [0.15, 0.2) is 0 Å². The minimum Gasteiger partial charge on any atom is -0.474 e. The van der Waals surface area contributed by atoms with Gasteiger partial charge in [0.25, 0.3) is 5.91 Å². The number of ether oxygens (including phenoxy) is 2. The maximum Gasteiger partial charge on any atom is 0.251 e. The molecule has 19 heavy (non-hydrogen) atoms. The highest BCUT2D eigenvalue weighted by atomic mass is 16.5. The number of primary amides is 1. The smallest absolute Gasteiger partial charge is 0.251 e. The van der Waals surface area contributed by atoms with Crippen molar-refractivity contribution in [2.75, 3.05) is 12.8 Å². The molecule has 2 unspecified atom stereocenters. The fourth-order valence-electron chi connectivity index (χ4n) is 2.32. The van der Waals surface area contributed by atoms with E-state index in [4.69, 9.17) is 20.9 Å². The Morgan fingerprint density at radius 3 is 2.84 bits per heavy atom. The molecule has 1 saturated carbocycles. The first-order chi connectivity index (χ1) is 9.10. The largest absolute Gasteiger partial charge is 0.474 e. The lowest BCUT2D eigenvalue weighted by molar-refractivity contribution is 0.0195. The number of hydrogen-bond donors (Lipinski definition) is 2. The van der Waals surface area contributed by atoms with E-state index < -0.39 is 5.91 Å². The molecule has 0 bridgehead atoms. The fraction of sp³-hybridized carbons (Fsp3) is 0.538. The Kier molecular flexibility index (Phi) is 4.21. The summed E-state index contributed by atoms with van der Waals surface area (Å²) in [4.78, 5) is 15.3.